The molecule has 2 fully saturated rings. The van der Waals surface area contributed by atoms with Crippen LogP contribution in [-0.4, -0.2) is 36.5 Å². The number of likely N-dealkylation sites (tertiary alicyclic amines) is 1. The number of amides is 1. The lowest BCUT2D eigenvalue weighted by atomic mass is 9.83. The lowest BCUT2D eigenvalue weighted by molar-refractivity contribution is 0.0000175. The number of aryl methyl sites for hydroxylation is 1. The second-order valence-electron chi connectivity index (χ2n) is 4.71. The lowest BCUT2D eigenvalue weighted by Crippen LogP contribution is -2.64. The van der Waals surface area contributed by atoms with E-state index in [2.05, 4.69) is 5.32 Å². The van der Waals surface area contributed by atoms with Crippen molar-refractivity contribution in [1.82, 2.24) is 10.2 Å². The van der Waals surface area contributed by atoms with Gasteiger partial charge in [0.05, 0.1) is 6.26 Å². The summed E-state index contributed by atoms with van der Waals surface area (Å²) < 4.78 is 5.26. The van der Waals surface area contributed by atoms with Crippen molar-refractivity contribution in [2.45, 2.75) is 19.4 Å². The summed E-state index contributed by atoms with van der Waals surface area (Å²) in [6.45, 7) is 4.85. The average molecular weight is 220 g/mol. The highest BCUT2D eigenvalue weighted by Crippen LogP contribution is 2.31. The lowest BCUT2D eigenvalue weighted by Gasteiger charge is -2.50. The number of hydrogen-bond donors (Lipinski definition) is 1. The van der Waals surface area contributed by atoms with Crippen LogP contribution in [0.1, 0.15) is 22.5 Å². The molecule has 0 radical (unpaired) electrons. The van der Waals surface area contributed by atoms with E-state index < -0.39 is 0 Å². The van der Waals surface area contributed by atoms with Crippen LogP contribution >= 0.6 is 0 Å². The zero-order chi connectivity index (χ0) is 11.1. The molecule has 2 unspecified atom stereocenters. The molecule has 1 aromatic heterocycles. The SMILES string of the molecule is Cc1ccoc1C(=O)N1CC2CNCCC21. The molecule has 0 bridgehead atoms. The van der Waals surface area contributed by atoms with Crippen LogP contribution in [0.5, 0.6) is 0 Å². The van der Waals surface area contributed by atoms with E-state index in [0.717, 1.165) is 31.6 Å². The summed E-state index contributed by atoms with van der Waals surface area (Å²) in [5.41, 5.74) is 0.933. The molecule has 86 valence electrons. The summed E-state index contributed by atoms with van der Waals surface area (Å²) in [7, 11) is 0. The van der Waals surface area contributed by atoms with Crippen LogP contribution in [0.3, 0.4) is 0 Å². The van der Waals surface area contributed by atoms with E-state index in [9.17, 15) is 4.79 Å². The maximum absolute atomic E-state index is 12.2. The molecule has 1 amide bonds. The van der Waals surface area contributed by atoms with Crippen molar-refractivity contribution >= 4 is 5.91 Å². The van der Waals surface area contributed by atoms with Crippen molar-refractivity contribution in [3.8, 4) is 0 Å². The fourth-order valence-corrected chi connectivity index (χ4v) is 2.71. The van der Waals surface area contributed by atoms with Crippen LogP contribution in [-0.2, 0) is 0 Å². The number of piperidine rings is 1. The number of furan rings is 1. The molecule has 3 rings (SSSR count). The Morgan fingerprint density at radius 2 is 2.50 bits per heavy atom. The number of hydrogen-bond acceptors (Lipinski definition) is 3. The van der Waals surface area contributed by atoms with E-state index in [1.807, 2.05) is 17.9 Å². The Hall–Kier alpha value is -1.29. The Kier molecular flexibility index (Phi) is 2.24. The minimum absolute atomic E-state index is 0.0608. The third-order valence-corrected chi connectivity index (χ3v) is 3.72. The molecule has 16 heavy (non-hydrogen) atoms. The van der Waals surface area contributed by atoms with Crippen molar-refractivity contribution < 1.29 is 9.21 Å². The smallest absolute Gasteiger partial charge is 0.290 e. The summed E-state index contributed by atoms with van der Waals surface area (Å²) >= 11 is 0. The summed E-state index contributed by atoms with van der Waals surface area (Å²) in [4.78, 5) is 14.1. The highest BCUT2D eigenvalue weighted by molar-refractivity contribution is 5.93. The molecule has 4 nitrogen and oxygen atoms in total. The second-order valence-corrected chi connectivity index (χ2v) is 4.71. The van der Waals surface area contributed by atoms with E-state index in [4.69, 9.17) is 4.42 Å². The average Bonchev–Trinajstić information content (AvgIpc) is 2.66. The summed E-state index contributed by atoms with van der Waals surface area (Å²) in [5.74, 6) is 1.22. The van der Waals surface area contributed by atoms with Crippen molar-refractivity contribution in [3.05, 3.63) is 23.7 Å². The van der Waals surface area contributed by atoms with Crippen LogP contribution < -0.4 is 5.32 Å². The second kappa shape index (κ2) is 3.63. The molecule has 1 aromatic rings. The van der Waals surface area contributed by atoms with E-state index in [0.29, 0.717) is 17.7 Å². The molecule has 2 aliphatic heterocycles. The minimum atomic E-state index is 0.0608. The first-order chi connectivity index (χ1) is 7.77. The van der Waals surface area contributed by atoms with Crippen LogP contribution in [0.2, 0.25) is 0 Å². The normalized spacial score (nSPS) is 28.4. The fraction of sp³-hybridized carbons (Fsp3) is 0.583. The van der Waals surface area contributed by atoms with Gasteiger partial charge in [-0.2, -0.15) is 0 Å². The Morgan fingerprint density at radius 3 is 3.19 bits per heavy atom. The minimum Gasteiger partial charge on any atom is -0.459 e. The van der Waals surface area contributed by atoms with Crippen molar-refractivity contribution in [1.29, 1.82) is 0 Å². The predicted octanol–water partition coefficient (Wildman–Crippen LogP) is 1.02. The molecule has 2 aliphatic rings. The van der Waals surface area contributed by atoms with E-state index in [1.54, 1.807) is 6.26 Å². The Labute approximate surface area is 94.6 Å². The van der Waals surface area contributed by atoms with Gasteiger partial charge in [-0.1, -0.05) is 0 Å². The van der Waals surface area contributed by atoms with Crippen LogP contribution in [0, 0.1) is 12.8 Å². The number of carbonyl (C=O) groups is 1. The Morgan fingerprint density at radius 1 is 1.62 bits per heavy atom. The van der Waals surface area contributed by atoms with Gasteiger partial charge in [0.2, 0.25) is 0 Å². The van der Waals surface area contributed by atoms with E-state index in [1.165, 1.54) is 0 Å². The number of nitrogens with one attached hydrogen (secondary N) is 1. The predicted molar refractivity (Wildman–Crippen MR) is 59.2 cm³/mol. The molecule has 2 saturated heterocycles. The largest absolute Gasteiger partial charge is 0.459 e. The van der Waals surface area contributed by atoms with Gasteiger partial charge in [-0.05, 0) is 26.0 Å². The van der Waals surface area contributed by atoms with Gasteiger partial charge >= 0.3 is 0 Å². The molecule has 2 atom stereocenters. The summed E-state index contributed by atoms with van der Waals surface area (Å²) in [6.07, 6.45) is 2.65. The van der Waals surface area contributed by atoms with Crippen LogP contribution in [0.25, 0.3) is 0 Å². The molecule has 0 aliphatic carbocycles. The summed E-state index contributed by atoms with van der Waals surface area (Å²) in [5, 5.41) is 3.36. The van der Waals surface area contributed by atoms with Gasteiger partial charge in [-0.25, -0.2) is 0 Å². The standard InChI is InChI=1S/C12H16N2O2/c1-8-3-5-16-11(8)12(15)14-7-9-6-13-4-2-10(9)14/h3,5,9-10,13H,2,4,6-7H2,1H3. The first-order valence-electron chi connectivity index (χ1n) is 5.83. The zero-order valence-electron chi connectivity index (χ0n) is 9.40. The molecule has 1 N–H and O–H groups in total. The Bertz CT molecular complexity index is 413. The number of carbonyl (C=O) groups excluding carboxylic acids is 1. The molecule has 0 aromatic carbocycles. The maximum atomic E-state index is 12.2. The van der Waals surface area contributed by atoms with Gasteiger partial charge in [0.15, 0.2) is 5.76 Å². The Balaban J connectivity index is 1.75. The third kappa shape index (κ3) is 1.37. The van der Waals surface area contributed by atoms with E-state index >= 15 is 0 Å². The molecule has 3 heterocycles. The monoisotopic (exact) mass is 220 g/mol. The summed E-state index contributed by atoms with van der Waals surface area (Å²) in [6, 6.07) is 2.27. The molecular formula is C12H16N2O2. The topological polar surface area (TPSA) is 45.5 Å². The van der Waals surface area contributed by atoms with Crippen molar-refractivity contribution in [2.75, 3.05) is 19.6 Å². The molecule has 0 spiro atoms. The number of fused-ring (bicyclic) bond motifs is 1. The van der Waals surface area contributed by atoms with Crippen LogP contribution in [0.4, 0.5) is 0 Å². The number of rotatable bonds is 1. The van der Waals surface area contributed by atoms with Gasteiger partial charge in [0.25, 0.3) is 5.91 Å². The van der Waals surface area contributed by atoms with Gasteiger partial charge in [0, 0.05) is 30.6 Å². The van der Waals surface area contributed by atoms with Gasteiger partial charge in [-0.15, -0.1) is 0 Å². The van der Waals surface area contributed by atoms with Crippen molar-refractivity contribution in [3.63, 3.8) is 0 Å². The molecule has 4 heteroatoms. The molecule has 0 saturated carbocycles. The van der Waals surface area contributed by atoms with Gasteiger partial charge in [-0.3, -0.25) is 4.79 Å². The highest BCUT2D eigenvalue weighted by atomic mass is 16.3. The highest BCUT2D eigenvalue weighted by Gasteiger charge is 2.43. The number of nitrogens with zero attached hydrogens (tertiary/aromatic N) is 1. The first-order valence-corrected chi connectivity index (χ1v) is 5.83. The van der Waals surface area contributed by atoms with Crippen LogP contribution in [0.15, 0.2) is 16.7 Å². The van der Waals surface area contributed by atoms with E-state index in [-0.39, 0.29) is 5.91 Å². The fourth-order valence-electron chi connectivity index (χ4n) is 2.71. The van der Waals surface area contributed by atoms with Crippen molar-refractivity contribution in [2.24, 2.45) is 5.92 Å². The zero-order valence-corrected chi connectivity index (χ0v) is 9.40. The van der Waals surface area contributed by atoms with Gasteiger partial charge in [0.1, 0.15) is 0 Å². The quantitative estimate of drug-likeness (QED) is 0.768. The first kappa shape index (κ1) is 9.90. The molecular weight excluding hydrogens is 204 g/mol. The van der Waals surface area contributed by atoms with Gasteiger partial charge < -0.3 is 14.6 Å². The maximum Gasteiger partial charge on any atom is 0.290 e. The third-order valence-electron chi connectivity index (χ3n) is 3.72.